The van der Waals surface area contributed by atoms with Crippen LogP contribution in [-0.4, -0.2) is 15.0 Å². The van der Waals surface area contributed by atoms with Gasteiger partial charge in [0.05, 0.1) is 11.8 Å². The molecule has 2 N–H and O–H groups in total. The molecule has 0 unspecified atom stereocenters. The molecule has 1 aromatic carbocycles. The summed E-state index contributed by atoms with van der Waals surface area (Å²) in [5.41, 5.74) is 2.07. The number of nitrogens with one attached hydrogen (secondary N) is 2. The molecule has 1 radical (unpaired) electrons. The van der Waals surface area contributed by atoms with Crippen LogP contribution >= 0.6 is 0 Å². The zero-order valence-electron chi connectivity index (χ0n) is 7.41. The molecule has 67 valence electrons. The van der Waals surface area contributed by atoms with Gasteiger partial charge in [0.1, 0.15) is 5.82 Å². The van der Waals surface area contributed by atoms with Gasteiger partial charge in [-0.05, 0) is 6.07 Å². The first kappa shape index (κ1) is 7.38. The first-order valence-corrected chi connectivity index (χ1v) is 4.43. The highest BCUT2D eigenvalue weighted by molar-refractivity contribution is 5.93. The summed E-state index contributed by atoms with van der Waals surface area (Å²) < 4.78 is 0. The number of hydrogen-bond donors (Lipinski definition) is 2. The van der Waals surface area contributed by atoms with Crippen LogP contribution in [0.2, 0.25) is 0 Å². The number of imidazole rings is 1. The Morgan fingerprint density at radius 1 is 1.21 bits per heavy atom. The van der Waals surface area contributed by atoms with Gasteiger partial charge in [0.25, 0.3) is 0 Å². The third-order valence-electron chi connectivity index (χ3n) is 2.25. The summed E-state index contributed by atoms with van der Waals surface area (Å²) in [4.78, 5) is 10.4. The van der Waals surface area contributed by atoms with Crippen LogP contribution in [0, 0.1) is 6.20 Å². The number of rotatable bonds is 1. The predicted octanol–water partition coefficient (Wildman–Crippen LogP) is 2.36. The third-order valence-corrected chi connectivity index (χ3v) is 2.25. The Morgan fingerprint density at radius 2 is 2.14 bits per heavy atom. The van der Waals surface area contributed by atoms with Crippen molar-refractivity contribution in [2.45, 2.75) is 0 Å². The zero-order valence-corrected chi connectivity index (χ0v) is 7.41. The molecular formula is C11H8N3. The summed E-state index contributed by atoms with van der Waals surface area (Å²) in [5.74, 6) is 0.849. The summed E-state index contributed by atoms with van der Waals surface area (Å²) >= 11 is 0. The lowest BCUT2D eigenvalue weighted by atomic mass is 10.2. The smallest absolute Gasteiger partial charge is 0.140 e. The highest BCUT2D eigenvalue weighted by Crippen LogP contribution is 2.24. The lowest BCUT2D eigenvalue weighted by molar-refractivity contribution is 1.31. The molecule has 3 heteroatoms. The van der Waals surface area contributed by atoms with Crippen molar-refractivity contribution >= 4 is 10.9 Å². The van der Waals surface area contributed by atoms with Gasteiger partial charge >= 0.3 is 0 Å². The standard InChI is InChI=1S/C11H8N3/c1-2-4-10-8(3-1)9(7-14-10)11-12-5-6-13-11/h1-6,14H,(H,12,13). The van der Waals surface area contributed by atoms with Crippen molar-refractivity contribution in [3.05, 3.63) is 42.9 Å². The minimum absolute atomic E-state index is 0.849. The molecule has 0 saturated carbocycles. The van der Waals surface area contributed by atoms with E-state index in [2.05, 4.69) is 27.2 Å². The normalized spacial score (nSPS) is 10.9. The van der Waals surface area contributed by atoms with E-state index in [4.69, 9.17) is 0 Å². The van der Waals surface area contributed by atoms with Crippen molar-refractivity contribution in [3.63, 3.8) is 0 Å². The molecule has 0 aliphatic rings. The highest BCUT2D eigenvalue weighted by Gasteiger charge is 2.06. The highest BCUT2D eigenvalue weighted by atomic mass is 14.9. The van der Waals surface area contributed by atoms with Crippen LogP contribution in [0.4, 0.5) is 0 Å². The molecule has 0 amide bonds. The van der Waals surface area contributed by atoms with E-state index >= 15 is 0 Å². The molecule has 2 heterocycles. The molecule has 0 bridgehead atoms. The van der Waals surface area contributed by atoms with Crippen molar-refractivity contribution in [1.29, 1.82) is 0 Å². The van der Waals surface area contributed by atoms with Crippen molar-refractivity contribution in [2.24, 2.45) is 0 Å². The van der Waals surface area contributed by atoms with Gasteiger partial charge in [-0.2, -0.15) is 0 Å². The van der Waals surface area contributed by atoms with E-state index in [0.717, 1.165) is 22.3 Å². The number of H-pyrrole nitrogens is 2. The van der Waals surface area contributed by atoms with Gasteiger partial charge in [-0.25, -0.2) is 4.98 Å². The number of para-hydroxylation sites is 1. The van der Waals surface area contributed by atoms with Crippen LogP contribution in [-0.2, 0) is 0 Å². The average molecular weight is 182 g/mol. The second kappa shape index (κ2) is 2.73. The maximum absolute atomic E-state index is 4.20. The zero-order chi connectivity index (χ0) is 9.38. The number of aromatic nitrogens is 3. The second-order valence-electron chi connectivity index (χ2n) is 3.11. The van der Waals surface area contributed by atoms with Gasteiger partial charge < -0.3 is 9.97 Å². The predicted molar refractivity (Wildman–Crippen MR) is 54.7 cm³/mol. The number of benzene rings is 1. The fourth-order valence-electron chi connectivity index (χ4n) is 1.60. The van der Waals surface area contributed by atoms with Crippen LogP contribution < -0.4 is 0 Å². The van der Waals surface area contributed by atoms with E-state index in [-0.39, 0.29) is 0 Å². The first-order chi connectivity index (χ1) is 6.95. The minimum atomic E-state index is 0.849. The van der Waals surface area contributed by atoms with Gasteiger partial charge in [0.2, 0.25) is 0 Å². The van der Waals surface area contributed by atoms with E-state index in [9.17, 15) is 0 Å². The fraction of sp³-hybridized carbons (Fsp3) is 0. The molecular weight excluding hydrogens is 174 g/mol. The maximum atomic E-state index is 4.20. The van der Waals surface area contributed by atoms with Gasteiger partial charge in [0, 0.05) is 23.3 Å². The van der Waals surface area contributed by atoms with Gasteiger partial charge in [0.15, 0.2) is 0 Å². The minimum Gasteiger partial charge on any atom is -0.353 e. The maximum Gasteiger partial charge on any atom is 0.140 e. The molecule has 3 aromatic rings. The summed E-state index contributed by atoms with van der Waals surface area (Å²) in [6.07, 6.45) is 6.65. The Bertz CT molecular complexity index is 549. The Hall–Kier alpha value is -2.03. The Balaban J connectivity index is 2.33. The number of hydrogen-bond acceptors (Lipinski definition) is 1. The van der Waals surface area contributed by atoms with Gasteiger partial charge in [-0.15, -0.1) is 0 Å². The summed E-state index contributed by atoms with van der Waals surface area (Å²) in [6.45, 7) is 0. The van der Waals surface area contributed by atoms with Crippen molar-refractivity contribution in [1.82, 2.24) is 15.0 Å². The molecule has 0 atom stereocenters. The van der Waals surface area contributed by atoms with E-state index < -0.39 is 0 Å². The first-order valence-electron chi connectivity index (χ1n) is 4.43. The van der Waals surface area contributed by atoms with Crippen LogP contribution in [0.5, 0.6) is 0 Å². The average Bonchev–Trinajstić information content (AvgIpc) is 2.85. The molecule has 0 fully saturated rings. The van der Waals surface area contributed by atoms with E-state index in [1.54, 1.807) is 6.20 Å². The summed E-state index contributed by atoms with van der Waals surface area (Å²) in [7, 11) is 0. The topological polar surface area (TPSA) is 44.5 Å². The Kier molecular flexibility index (Phi) is 1.44. The SMILES string of the molecule is [c]1[nH]c2ccccc2c1-c1ncc[nH]1. The fourth-order valence-corrected chi connectivity index (χ4v) is 1.60. The Labute approximate surface area is 80.8 Å². The number of nitrogens with zero attached hydrogens (tertiary/aromatic N) is 1. The van der Waals surface area contributed by atoms with Gasteiger partial charge in [-0.1, -0.05) is 18.2 Å². The molecule has 0 aliphatic heterocycles. The molecule has 3 rings (SSSR count). The Morgan fingerprint density at radius 3 is 3.00 bits per heavy atom. The van der Waals surface area contributed by atoms with Crippen LogP contribution in [0.15, 0.2) is 36.7 Å². The summed E-state index contributed by atoms with van der Waals surface area (Å²) in [6, 6.07) is 8.09. The molecule has 3 nitrogen and oxygen atoms in total. The van der Waals surface area contributed by atoms with Crippen molar-refractivity contribution < 1.29 is 0 Å². The van der Waals surface area contributed by atoms with Crippen LogP contribution in [0.3, 0.4) is 0 Å². The van der Waals surface area contributed by atoms with Crippen molar-refractivity contribution in [2.75, 3.05) is 0 Å². The van der Waals surface area contributed by atoms with E-state index in [0.29, 0.717) is 0 Å². The number of fused-ring (bicyclic) bond motifs is 1. The molecule has 0 saturated heterocycles. The third kappa shape index (κ3) is 0.956. The second-order valence-corrected chi connectivity index (χ2v) is 3.11. The number of aromatic amines is 2. The largest absolute Gasteiger partial charge is 0.353 e. The monoisotopic (exact) mass is 182 g/mol. The van der Waals surface area contributed by atoms with Crippen LogP contribution in [0.1, 0.15) is 0 Å². The van der Waals surface area contributed by atoms with Crippen LogP contribution in [0.25, 0.3) is 22.3 Å². The lowest BCUT2D eigenvalue weighted by Gasteiger charge is -1.92. The molecule has 2 aromatic heterocycles. The van der Waals surface area contributed by atoms with E-state index in [1.165, 1.54) is 0 Å². The molecule has 0 spiro atoms. The molecule has 14 heavy (non-hydrogen) atoms. The summed E-state index contributed by atoms with van der Waals surface area (Å²) in [5, 5.41) is 1.14. The molecule has 0 aliphatic carbocycles. The quantitative estimate of drug-likeness (QED) is 0.596. The van der Waals surface area contributed by atoms with Crippen molar-refractivity contribution in [3.8, 4) is 11.4 Å². The van der Waals surface area contributed by atoms with Gasteiger partial charge in [-0.3, -0.25) is 0 Å². The van der Waals surface area contributed by atoms with E-state index in [1.807, 2.05) is 24.4 Å². The lowest BCUT2D eigenvalue weighted by Crippen LogP contribution is -1.76.